The Balaban J connectivity index is 1.83. The molecule has 0 aliphatic heterocycles. The summed E-state index contributed by atoms with van der Waals surface area (Å²) in [5.74, 6) is 0.516. The molecule has 0 unspecified atom stereocenters. The lowest BCUT2D eigenvalue weighted by atomic mass is 10.0. The van der Waals surface area contributed by atoms with Gasteiger partial charge in [-0.25, -0.2) is 0 Å². The lowest BCUT2D eigenvalue weighted by Crippen LogP contribution is -2.12. The zero-order chi connectivity index (χ0) is 14.5. The number of rotatable bonds is 5. The van der Waals surface area contributed by atoms with Crippen LogP contribution in [0.25, 0.3) is 0 Å². The molecular weight excluding hydrogens is 270 g/mol. The molecule has 1 N–H and O–H groups in total. The first kappa shape index (κ1) is 14.7. The van der Waals surface area contributed by atoms with E-state index in [-0.39, 0.29) is 5.91 Å². The van der Waals surface area contributed by atoms with Gasteiger partial charge in [0.05, 0.1) is 0 Å². The van der Waals surface area contributed by atoms with Crippen molar-refractivity contribution in [3.63, 3.8) is 0 Å². The molecule has 5 heteroatoms. The molecule has 20 heavy (non-hydrogen) atoms. The molecule has 2 rings (SSSR count). The number of carbonyl (C=O) groups is 1. The van der Waals surface area contributed by atoms with Crippen molar-refractivity contribution in [1.82, 2.24) is 10.2 Å². The summed E-state index contributed by atoms with van der Waals surface area (Å²) in [5, 5.41) is 11.9. The lowest BCUT2D eigenvalue weighted by molar-refractivity contribution is -0.116. The first-order valence-corrected chi connectivity index (χ1v) is 7.55. The predicted molar refractivity (Wildman–Crippen MR) is 82.1 cm³/mol. The number of anilines is 1. The Labute approximate surface area is 123 Å². The summed E-state index contributed by atoms with van der Waals surface area (Å²) in [7, 11) is 0. The van der Waals surface area contributed by atoms with Gasteiger partial charge in [-0.05, 0) is 30.4 Å². The van der Waals surface area contributed by atoms with Gasteiger partial charge in [-0.15, -0.1) is 10.2 Å². The van der Waals surface area contributed by atoms with Crippen LogP contribution in [0.5, 0.6) is 0 Å². The molecular formula is C15H19N3OS. The number of hydrogen-bond donors (Lipinski definition) is 1. The van der Waals surface area contributed by atoms with Crippen molar-refractivity contribution >= 4 is 22.4 Å². The van der Waals surface area contributed by atoms with Crippen LogP contribution in [0.3, 0.4) is 0 Å². The monoisotopic (exact) mass is 289 g/mol. The molecule has 0 aliphatic carbocycles. The van der Waals surface area contributed by atoms with Crippen LogP contribution in [0.1, 0.15) is 42.3 Å². The van der Waals surface area contributed by atoms with Crippen molar-refractivity contribution in [3.05, 3.63) is 40.4 Å². The van der Waals surface area contributed by atoms with E-state index in [0.29, 0.717) is 17.5 Å². The van der Waals surface area contributed by atoms with E-state index in [2.05, 4.69) is 53.6 Å². The molecule has 1 aromatic heterocycles. The van der Waals surface area contributed by atoms with Gasteiger partial charge in [0.15, 0.2) is 0 Å². The first-order chi connectivity index (χ1) is 9.54. The highest BCUT2D eigenvalue weighted by atomic mass is 32.1. The minimum absolute atomic E-state index is 0.0194. The second kappa shape index (κ2) is 6.61. The summed E-state index contributed by atoms with van der Waals surface area (Å²) in [6.07, 6.45) is 1.20. The minimum atomic E-state index is -0.0194. The minimum Gasteiger partial charge on any atom is -0.301 e. The average molecular weight is 289 g/mol. The van der Waals surface area contributed by atoms with Crippen molar-refractivity contribution in [2.75, 3.05) is 5.32 Å². The molecule has 0 bridgehead atoms. The van der Waals surface area contributed by atoms with Crippen molar-refractivity contribution in [2.45, 2.75) is 39.5 Å². The van der Waals surface area contributed by atoms with Crippen LogP contribution in [-0.4, -0.2) is 16.1 Å². The van der Waals surface area contributed by atoms with Gasteiger partial charge < -0.3 is 5.32 Å². The van der Waals surface area contributed by atoms with Gasteiger partial charge in [0, 0.05) is 6.42 Å². The van der Waals surface area contributed by atoms with Crippen molar-refractivity contribution in [2.24, 2.45) is 0 Å². The Morgan fingerprint density at radius 3 is 2.50 bits per heavy atom. The molecule has 0 radical (unpaired) electrons. The predicted octanol–water partition coefficient (Wildman–Crippen LogP) is 3.54. The first-order valence-electron chi connectivity index (χ1n) is 6.73. The van der Waals surface area contributed by atoms with Crippen molar-refractivity contribution in [3.8, 4) is 0 Å². The Kier molecular flexibility index (Phi) is 4.84. The molecule has 1 heterocycles. The molecule has 2 aromatic rings. The third-order valence-electron chi connectivity index (χ3n) is 3.06. The molecule has 0 aliphatic rings. The maximum atomic E-state index is 11.8. The molecule has 0 fully saturated rings. The number of aryl methyl sites for hydroxylation is 2. The van der Waals surface area contributed by atoms with E-state index in [9.17, 15) is 4.79 Å². The zero-order valence-corrected chi connectivity index (χ0v) is 12.8. The van der Waals surface area contributed by atoms with Crippen LogP contribution in [-0.2, 0) is 11.2 Å². The highest BCUT2D eigenvalue weighted by Crippen LogP contribution is 2.16. The van der Waals surface area contributed by atoms with Gasteiger partial charge in [0.2, 0.25) is 11.0 Å². The fourth-order valence-corrected chi connectivity index (χ4v) is 2.46. The van der Waals surface area contributed by atoms with Crippen LogP contribution in [0.15, 0.2) is 24.3 Å². The molecule has 0 spiro atoms. The van der Waals surface area contributed by atoms with Gasteiger partial charge in [-0.3, -0.25) is 4.79 Å². The molecule has 0 atom stereocenters. The number of nitrogens with zero attached hydrogens (tertiary/aromatic N) is 2. The fraction of sp³-hybridized carbons (Fsp3) is 0.400. The number of benzene rings is 1. The fourth-order valence-electron chi connectivity index (χ4n) is 1.86. The maximum Gasteiger partial charge on any atom is 0.226 e. The number of carbonyl (C=O) groups excluding carboxylic acids is 1. The molecule has 1 amide bonds. The number of nitrogens with one attached hydrogen (secondary N) is 1. The third kappa shape index (κ3) is 4.13. The summed E-state index contributed by atoms with van der Waals surface area (Å²) < 4.78 is 0. The van der Waals surface area contributed by atoms with E-state index >= 15 is 0 Å². The number of hydrogen-bond acceptors (Lipinski definition) is 4. The van der Waals surface area contributed by atoms with E-state index in [1.165, 1.54) is 22.5 Å². The molecule has 1 aromatic carbocycles. The number of amides is 1. The van der Waals surface area contributed by atoms with E-state index in [1.54, 1.807) is 0 Å². The molecule has 4 nitrogen and oxygen atoms in total. The summed E-state index contributed by atoms with van der Waals surface area (Å²) in [4.78, 5) is 11.8. The second-order valence-corrected chi connectivity index (χ2v) is 6.25. The van der Waals surface area contributed by atoms with Gasteiger partial charge in [-0.2, -0.15) is 0 Å². The summed E-state index contributed by atoms with van der Waals surface area (Å²) >= 11 is 1.39. The Bertz CT molecular complexity index is 575. The van der Waals surface area contributed by atoms with E-state index in [1.807, 2.05) is 6.92 Å². The normalized spacial score (nSPS) is 10.8. The maximum absolute atomic E-state index is 11.8. The highest BCUT2D eigenvalue weighted by molar-refractivity contribution is 7.15. The lowest BCUT2D eigenvalue weighted by Gasteiger charge is -2.06. The van der Waals surface area contributed by atoms with Gasteiger partial charge in [-0.1, -0.05) is 49.4 Å². The summed E-state index contributed by atoms with van der Waals surface area (Å²) in [6.45, 7) is 6.21. The topological polar surface area (TPSA) is 54.9 Å². The van der Waals surface area contributed by atoms with Crippen LogP contribution in [0.4, 0.5) is 5.13 Å². The summed E-state index contributed by atoms with van der Waals surface area (Å²) in [5.41, 5.74) is 2.50. The third-order valence-corrected chi connectivity index (χ3v) is 3.81. The SMILES string of the molecule is Cc1nnc(NC(=O)CCc2ccc(C(C)C)cc2)s1. The smallest absolute Gasteiger partial charge is 0.226 e. The second-order valence-electron chi connectivity index (χ2n) is 5.07. The quantitative estimate of drug-likeness (QED) is 0.916. The van der Waals surface area contributed by atoms with Crippen LogP contribution < -0.4 is 5.32 Å². The van der Waals surface area contributed by atoms with Crippen LogP contribution in [0.2, 0.25) is 0 Å². The van der Waals surface area contributed by atoms with E-state index < -0.39 is 0 Å². The van der Waals surface area contributed by atoms with E-state index in [4.69, 9.17) is 0 Å². The Morgan fingerprint density at radius 2 is 1.95 bits per heavy atom. The molecule has 106 valence electrons. The van der Waals surface area contributed by atoms with Gasteiger partial charge in [0.1, 0.15) is 5.01 Å². The van der Waals surface area contributed by atoms with Crippen LogP contribution in [0, 0.1) is 6.92 Å². The van der Waals surface area contributed by atoms with E-state index in [0.717, 1.165) is 11.4 Å². The molecule has 0 saturated heterocycles. The Hall–Kier alpha value is -1.75. The van der Waals surface area contributed by atoms with Crippen molar-refractivity contribution in [1.29, 1.82) is 0 Å². The Morgan fingerprint density at radius 1 is 1.25 bits per heavy atom. The van der Waals surface area contributed by atoms with Gasteiger partial charge in [0.25, 0.3) is 0 Å². The number of aromatic nitrogens is 2. The largest absolute Gasteiger partial charge is 0.301 e. The van der Waals surface area contributed by atoms with Gasteiger partial charge >= 0.3 is 0 Å². The van der Waals surface area contributed by atoms with Crippen molar-refractivity contribution < 1.29 is 4.79 Å². The highest BCUT2D eigenvalue weighted by Gasteiger charge is 2.07. The standard InChI is InChI=1S/C15H19N3OS/c1-10(2)13-7-4-12(5-8-13)6-9-14(19)16-15-18-17-11(3)20-15/h4-5,7-8,10H,6,9H2,1-3H3,(H,16,18,19). The van der Waals surface area contributed by atoms with Crippen LogP contribution >= 0.6 is 11.3 Å². The zero-order valence-electron chi connectivity index (χ0n) is 12.0. The summed E-state index contributed by atoms with van der Waals surface area (Å²) in [6, 6.07) is 8.45. The average Bonchev–Trinajstić information content (AvgIpc) is 2.82. The molecule has 0 saturated carbocycles.